The molecule has 6 heteroatoms. The number of aromatic nitrogens is 6. The van der Waals surface area contributed by atoms with E-state index in [4.69, 9.17) is 0 Å². The summed E-state index contributed by atoms with van der Waals surface area (Å²) in [5.41, 5.74) is 5.08. The van der Waals surface area contributed by atoms with Crippen molar-refractivity contribution in [1.29, 1.82) is 0 Å². The zero-order valence-electron chi connectivity index (χ0n) is 10.4. The number of nitrogens with zero attached hydrogens (tertiary/aromatic N) is 4. The molecule has 0 spiro atoms. The van der Waals surface area contributed by atoms with Crippen LogP contribution in [0.1, 0.15) is 0 Å². The molecule has 0 aliphatic carbocycles. The summed E-state index contributed by atoms with van der Waals surface area (Å²) >= 11 is 0. The lowest BCUT2D eigenvalue weighted by Crippen LogP contribution is -1.91. The van der Waals surface area contributed by atoms with Gasteiger partial charge in [-0.15, -0.1) is 5.10 Å². The minimum atomic E-state index is 0.592. The van der Waals surface area contributed by atoms with Gasteiger partial charge in [-0.05, 0) is 17.7 Å². The van der Waals surface area contributed by atoms with Crippen LogP contribution in [0.4, 0.5) is 0 Å². The standard InChI is InChI=1S/C14H10N6/c1-2-4-9(5-3-1)10-8-12-14(19-20-18-12)16-13(10)11-6-7-15-17-11/h1-8H,(H,15,17)(H,16,18,19,20). The largest absolute Gasteiger partial charge is 0.276 e. The van der Waals surface area contributed by atoms with Gasteiger partial charge in [-0.3, -0.25) is 5.10 Å². The van der Waals surface area contributed by atoms with Gasteiger partial charge in [0, 0.05) is 11.8 Å². The quantitative estimate of drug-likeness (QED) is 0.581. The highest BCUT2D eigenvalue weighted by atomic mass is 15.3. The maximum Gasteiger partial charge on any atom is 0.202 e. The number of rotatable bonds is 2. The van der Waals surface area contributed by atoms with E-state index in [1.54, 1.807) is 6.20 Å². The lowest BCUT2D eigenvalue weighted by Gasteiger charge is -2.07. The van der Waals surface area contributed by atoms with E-state index in [1.165, 1.54) is 0 Å². The highest BCUT2D eigenvalue weighted by Gasteiger charge is 2.13. The smallest absolute Gasteiger partial charge is 0.202 e. The van der Waals surface area contributed by atoms with Gasteiger partial charge in [-0.2, -0.15) is 15.4 Å². The second-order valence-electron chi connectivity index (χ2n) is 4.39. The monoisotopic (exact) mass is 262 g/mol. The number of hydrogen-bond acceptors (Lipinski definition) is 4. The van der Waals surface area contributed by atoms with Crippen LogP contribution in [-0.2, 0) is 0 Å². The van der Waals surface area contributed by atoms with Crippen LogP contribution < -0.4 is 0 Å². The summed E-state index contributed by atoms with van der Waals surface area (Å²) in [6.07, 6.45) is 1.71. The first-order chi connectivity index (χ1) is 9.92. The second-order valence-corrected chi connectivity index (χ2v) is 4.39. The number of aromatic amines is 2. The van der Waals surface area contributed by atoms with E-state index < -0.39 is 0 Å². The van der Waals surface area contributed by atoms with E-state index in [9.17, 15) is 0 Å². The molecule has 3 aromatic heterocycles. The fraction of sp³-hybridized carbons (Fsp3) is 0. The summed E-state index contributed by atoms with van der Waals surface area (Å²) in [6, 6.07) is 13.9. The first kappa shape index (κ1) is 10.9. The van der Waals surface area contributed by atoms with Crippen molar-refractivity contribution >= 4 is 11.2 Å². The highest BCUT2D eigenvalue weighted by Crippen LogP contribution is 2.31. The maximum atomic E-state index is 4.58. The Morgan fingerprint density at radius 3 is 2.65 bits per heavy atom. The third-order valence-corrected chi connectivity index (χ3v) is 3.15. The number of fused-ring (bicyclic) bond motifs is 1. The molecular formula is C14H10N6. The van der Waals surface area contributed by atoms with Crippen molar-refractivity contribution in [3.05, 3.63) is 48.7 Å². The first-order valence-corrected chi connectivity index (χ1v) is 6.18. The minimum absolute atomic E-state index is 0.592. The van der Waals surface area contributed by atoms with Crippen molar-refractivity contribution in [2.75, 3.05) is 0 Å². The summed E-state index contributed by atoms with van der Waals surface area (Å²) < 4.78 is 0. The van der Waals surface area contributed by atoms with Gasteiger partial charge in [0.15, 0.2) is 0 Å². The molecule has 0 unspecified atom stereocenters. The number of pyridine rings is 1. The van der Waals surface area contributed by atoms with Crippen molar-refractivity contribution in [3.8, 4) is 22.5 Å². The van der Waals surface area contributed by atoms with Crippen LogP contribution in [0.15, 0.2) is 48.7 Å². The van der Waals surface area contributed by atoms with Crippen LogP contribution in [-0.4, -0.2) is 30.6 Å². The molecule has 96 valence electrons. The molecule has 0 fully saturated rings. The molecular weight excluding hydrogens is 252 g/mol. The van der Waals surface area contributed by atoms with Gasteiger partial charge in [0.05, 0.1) is 11.4 Å². The Balaban J connectivity index is 2.04. The summed E-state index contributed by atoms with van der Waals surface area (Å²) in [5, 5.41) is 17.7. The van der Waals surface area contributed by atoms with Crippen molar-refractivity contribution in [3.63, 3.8) is 0 Å². The number of benzene rings is 1. The third kappa shape index (κ3) is 1.66. The molecule has 2 N–H and O–H groups in total. The van der Waals surface area contributed by atoms with Crippen LogP contribution in [0.2, 0.25) is 0 Å². The average molecular weight is 262 g/mol. The van der Waals surface area contributed by atoms with E-state index in [2.05, 4.69) is 30.6 Å². The minimum Gasteiger partial charge on any atom is -0.276 e. The highest BCUT2D eigenvalue weighted by molar-refractivity contribution is 5.87. The Morgan fingerprint density at radius 1 is 0.950 bits per heavy atom. The summed E-state index contributed by atoms with van der Waals surface area (Å²) in [5.74, 6) is 0. The fourth-order valence-electron chi connectivity index (χ4n) is 2.21. The molecule has 3 heterocycles. The Morgan fingerprint density at radius 2 is 1.85 bits per heavy atom. The van der Waals surface area contributed by atoms with Gasteiger partial charge in [0.25, 0.3) is 0 Å². The SMILES string of the molecule is c1ccc(-c2cc3n[nH]nc3nc2-c2ccn[nH]2)cc1. The van der Waals surface area contributed by atoms with Crippen molar-refractivity contribution < 1.29 is 0 Å². The van der Waals surface area contributed by atoms with Crippen LogP contribution in [0.3, 0.4) is 0 Å². The van der Waals surface area contributed by atoms with Crippen LogP contribution >= 0.6 is 0 Å². The average Bonchev–Trinajstić information content (AvgIpc) is 3.17. The molecule has 6 nitrogen and oxygen atoms in total. The fourth-order valence-corrected chi connectivity index (χ4v) is 2.21. The Kier molecular flexibility index (Phi) is 2.32. The van der Waals surface area contributed by atoms with Crippen molar-refractivity contribution in [1.82, 2.24) is 30.6 Å². The lowest BCUT2D eigenvalue weighted by molar-refractivity contribution is 0.954. The van der Waals surface area contributed by atoms with E-state index in [0.29, 0.717) is 5.65 Å². The Bertz CT molecular complexity index is 848. The number of hydrogen-bond donors (Lipinski definition) is 2. The molecule has 4 rings (SSSR count). The predicted octanol–water partition coefficient (Wildman–Crippen LogP) is 2.41. The maximum absolute atomic E-state index is 4.58. The van der Waals surface area contributed by atoms with Crippen LogP contribution in [0.5, 0.6) is 0 Å². The van der Waals surface area contributed by atoms with Crippen molar-refractivity contribution in [2.45, 2.75) is 0 Å². The molecule has 0 amide bonds. The molecule has 0 radical (unpaired) electrons. The molecule has 0 aliphatic heterocycles. The van der Waals surface area contributed by atoms with E-state index >= 15 is 0 Å². The lowest BCUT2D eigenvalue weighted by atomic mass is 10.0. The topological polar surface area (TPSA) is 83.1 Å². The Labute approximate surface area is 113 Å². The summed E-state index contributed by atoms with van der Waals surface area (Å²) in [4.78, 5) is 4.58. The van der Waals surface area contributed by atoms with E-state index in [-0.39, 0.29) is 0 Å². The molecule has 0 saturated carbocycles. The summed E-state index contributed by atoms with van der Waals surface area (Å²) in [6.45, 7) is 0. The van der Waals surface area contributed by atoms with Gasteiger partial charge in [-0.1, -0.05) is 30.3 Å². The van der Waals surface area contributed by atoms with Gasteiger partial charge in [0.2, 0.25) is 5.65 Å². The molecule has 0 saturated heterocycles. The first-order valence-electron chi connectivity index (χ1n) is 6.18. The van der Waals surface area contributed by atoms with Gasteiger partial charge in [0.1, 0.15) is 5.52 Å². The zero-order valence-corrected chi connectivity index (χ0v) is 10.4. The third-order valence-electron chi connectivity index (χ3n) is 3.15. The molecule has 20 heavy (non-hydrogen) atoms. The van der Waals surface area contributed by atoms with Crippen LogP contribution in [0.25, 0.3) is 33.7 Å². The number of nitrogens with one attached hydrogen (secondary N) is 2. The van der Waals surface area contributed by atoms with E-state index in [0.717, 1.165) is 28.0 Å². The molecule has 0 bridgehead atoms. The normalized spacial score (nSPS) is 11.0. The Hall–Kier alpha value is -3.02. The van der Waals surface area contributed by atoms with Crippen LogP contribution in [0, 0.1) is 0 Å². The van der Waals surface area contributed by atoms with Gasteiger partial charge < -0.3 is 0 Å². The van der Waals surface area contributed by atoms with Gasteiger partial charge >= 0.3 is 0 Å². The second kappa shape index (κ2) is 4.27. The zero-order chi connectivity index (χ0) is 13.4. The molecule has 0 atom stereocenters. The van der Waals surface area contributed by atoms with Gasteiger partial charge in [-0.25, -0.2) is 4.98 Å². The molecule has 1 aromatic carbocycles. The number of H-pyrrole nitrogens is 2. The van der Waals surface area contributed by atoms with E-state index in [1.807, 2.05) is 42.5 Å². The summed E-state index contributed by atoms with van der Waals surface area (Å²) in [7, 11) is 0. The van der Waals surface area contributed by atoms with Crippen molar-refractivity contribution in [2.24, 2.45) is 0 Å². The molecule has 4 aromatic rings. The molecule has 0 aliphatic rings. The predicted molar refractivity (Wildman–Crippen MR) is 74.7 cm³/mol.